The molecule has 2 N–H and O–H groups in total. The molecule has 0 atom stereocenters. The minimum atomic E-state index is -3.80. The molecule has 2 aromatic rings. The lowest BCUT2D eigenvalue weighted by molar-refractivity contribution is -0.115. The molecular weight excluding hydrogens is 342 g/mol. The van der Waals surface area contributed by atoms with Crippen molar-refractivity contribution >= 4 is 21.6 Å². The third-order valence-corrected chi connectivity index (χ3v) is 4.58. The number of anilines is 1. The largest absolute Gasteiger partial charge is 0.494 e. The lowest BCUT2D eigenvalue weighted by Crippen LogP contribution is -2.32. The number of nitrogens with one attached hydrogen (secondary N) is 2. The number of sulfonamides is 1. The van der Waals surface area contributed by atoms with Crippen LogP contribution in [0.4, 0.5) is 5.69 Å². The summed E-state index contributed by atoms with van der Waals surface area (Å²) >= 11 is 0. The number of rotatable bonds is 7. The van der Waals surface area contributed by atoms with Gasteiger partial charge in [0, 0.05) is 5.69 Å². The molecule has 0 radical (unpaired) electrons. The van der Waals surface area contributed by atoms with Crippen LogP contribution in [0.3, 0.4) is 0 Å². The molecular formula is C17H17N3O4S. The molecule has 0 bridgehead atoms. The van der Waals surface area contributed by atoms with Crippen molar-refractivity contribution in [1.29, 1.82) is 5.26 Å². The molecule has 0 saturated carbocycles. The highest BCUT2D eigenvalue weighted by atomic mass is 32.2. The summed E-state index contributed by atoms with van der Waals surface area (Å²) in [5.74, 6) is 0.0548. The zero-order chi connectivity index (χ0) is 18.3. The summed E-state index contributed by atoms with van der Waals surface area (Å²) < 4.78 is 31.8. The Labute approximate surface area is 146 Å². The molecule has 1 amide bonds. The van der Waals surface area contributed by atoms with Crippen molar-refractivity contribution in [3.05, 3.63) is 54.1 Å². The molecule has 130 valence electrons. The van der Waals surface area contributed by atoms with E-state index in [0.717, 1.165) is 0 Å². The SMILES string of the molecule is CCOc1ccc(S(=O)(=O)NCC(=O)Nc2ccc(C#N)cc2)cc1. The molecule has 2 rings (SSSR count). The van der Waals surface area contributed by atoms with Crippen molar-refractivity contribution < 1.29 is 17.9 Å². The zero-order valence-corrected chi connectivity index (χ0v) is 14.3. The van der Waals surface area contributed by atoms with Gasteiger partial charge in [0.25, 0.3) is 0 Å². The van der Waals surface area contributed by atoms with Gasteiger partial charge < -0.3 is 10.1 Å². The third-order valence-electron chi connectivity index (χ3n) is 3.17. The lowest BCUT2D eigenvalue weighted by Gasteiger charge is -2.09. The molecule has 2 aromatic carbocycles. The van der Waals surface area contributed by atoms with Gasteiger partial charge in [0.1, 0.15) is 5.75 Å². The van der Waals surface area contributed by atoms with Gasteiger partial charge in [0.05, 0.1) is 29.7 Å². The number of nitrogens with zero attached hydrogens (tertiary/aromatic N) is 1. The predicted molar refractivity (Wildman–Crippen MR) is 92.6 cm³/mol. The fraction of sp³-hybridized carbons (Fsp3) is 0.176. The maximum Gasteiger partial charge on any atom is 0.241 e. The van der Waals surface area contributed by atoms with Crippen molar-refractivity contribution in [3.8, 4) is 11.8 Å². The van der Waals surface area contributed by atoms with Crippen molar-refractivity contribution in [2.24, 2.45) is 0 Å². The van der Waals surface area contributed by atoms with E-state index in [-0.39, 0.29) is 4.90 Å². The van der Waals surface area contributed by atoms with Crippen LogP contribution in [0.15, 0.2) is 53.4 Å². The van der Waals surface area contributed by atoms with Crippen molar-refractivity contribution in [3.63, 3.8) is 0 Å². The van der Waals surface area contributed by atoms with E-state index in [0.29, 0.717) is 23.6 Å². The van der Waals surface area contributed by atoms with Crippen molar-refractivity contribution in [2.45, 2.75) is 11.8 Å². The number of amides is 1. The van der Waals surface area contributed by atoms with Gasteiger partial charge in [0.15, 0.2) is 0 Å². The molecule has 0 aliphatic carbocycles. The van der Waals surface area contributed by atoms with Crippen molar-refractivity contribution in [1.82, 2.24) is 4.72 Å². The summed E-state index contributed by atoms with van der Waals surface area (Å²) in [5.41, 5.74) is 0.943. The molecule has 0 aromatic heterocycles. The van der Waals surface area contributed by atoms with E-state index in [2.05, 4.69) is 10.0 Å². The van der Waals surface area contributed by atoms with Crippen LogP contribution < -0.4 is 14.8 Å². The molecule has 0 saturated heterocycles. The van der Waals surface area contributed by atoms with Crippen LogP contribution in [-0.2, 0) is 14.8 Å². The second-order valence-corrected chi connectivity index (χ2v) is 6.73. The lowest BCUT2D eigenvalue weighted by atomic mass is 10.2. The van der Waals surface area contributed by atoms with E-state index in [1.165, 1.54) is 12.1 Å². The summed E-state index contributed by atoms with van der Waals surface area (Å²) in [7, 11) is -3.80. The minimum absolute atomic E-state index is 0.0436. The number of nitriles is 1. The Hall–Kier alpha value is -2.89. The maximum absolute atomic E-state index is 12.2. The Morgan fingerprint density at radius 1 is 1.12 bits per heavy atom. The first-order valence-electron chi connectivity index (χ1n) is 7.47. The fourth-order valence-electron chi connectivity index (χ4n) is 1.96. The number of carbonyl (C=O) groups excluding carboxylic acids is 1. The fourth-order valence-corrected chi connectivity index (χ4v) is 2.94. The third kappa shape index (κ3) is 5.31. The average Bonchev–Trinajstić information content (AvgIpc) is 2.61. The van der Waals surface area contributed by atoms with Crippen LogP contribution in [0.5, 0.6) is 5.75 Å². The monoisotopic (exact) mass is 359 g/mol. The topological polar surface area (TPSA) is 108 Å². The first-order valence-corrected chi connectivity index (χ1v) is 8.95. The molecule has 8 heteroatoms. The number of hydrogen-bond donors (Lipinski definition) is 2. The van der Waals surface area contributed by atoms with Gasteiger partial charge in [-0.1, -0.05) is 0 Å². The molecule has 0 fully saturated rings. The van der Waals surface area contributed by atoms with E-state index >= 15 is 0 Å². The van der Waals surface area contributed by atoms with E-state index in [9.17, 15) is 13.2 Å². The summed E-state index contributed by atoms with van der Waals surface area (Å²) in [6.07, 6.45) is 0. The standard InChI is InChI=1S/C17H17N3O4S/c1-2-24-15-7-9-16(10-8-15)25(22,23)19-12-17(21)20-14-5-3-13(11-18)4-6-14/h3-10,19H,2,12H2,1H3,(H,20,21). The summed E-state index contributed by atoms with van der Waals surface area (Å²) in [6, 6.07) is 14.1. The van der Waals surface area contributed by atoms with E-state index < -0.39 is 22.5 Å². The van der Waals surface area contributed by atoms with Crippen LogP contribution in [0.2, 0.25) is 0 Å². The molecule has 25 heavy (non-hydrogen) atoms. The first kappa shape index (κ1) is 18.4. The molecule has 7 nitrogen and oxygen atoms in total. The van der Waals surface area contributed by atoms with E-state index in [1.54, 1.807) is 36.4 Å². The average molecular weight is 359 g/mol. The molecule has 0 aliphatic rings. The Bertz CT molecular complexity index is 870. The van der Waals surface area contributed by atoms with Gasteiger partial charge in [-0.15, -0.1) is 0 Å². The predicted octanol–water partition coefficient (Wildman–Crippen LogP) is 1.87. The minimum Gasteiger partial charge on any atom is -0.494 e. The van der Waals surface area contributed by atoms with Gasteiger partial charge in [-0.2, -0.15) is 5.26 Å². The summed E-state index contributed by atoms with van der Waals surface area (Å²) in [5, 5.41) is 11.3. The maximum atomic E-state index is 12.2. The summed E-state index contributed by atoms with van der Waals surface area (Å²) in [4.78, 5) is 11.9. The highest BCUT2D eigenvalue weighted by Gasteiger charge is 2.15. The highest BCUT2D eigenvalue weighted by Crippen LogP contribution is 2.15. The molecule has 0 heterocycles. The second-order valence-electron chi connectivity index (χ2n) is 4.97. The highest BCUT2D eigenvalue weighted by molar-refractivity contribution is 7.89. The van der Waals surface area contributed by atoms with Crippen LogP contribution in [0, 0.1) is 11.3 Å². The van der Waals surface area contributed by atoms with Crippen molar-refractivity contribution in [2.75, 3.05) is 18.5 Å². The second kappa shape index (κ2) is 8.28. The number of benzene rings is 2. The van der Waals surface area contributed by atoms with Crippen LogP contribution in [0.25, 0.3) is 0 Å². The van der Waals surface area contributed by atoms with Crippen LogP contribution >= 0.6 is 0 Å². The number of ether oxygens (including phenoxy) is 1. The van der Waals surface area contributed by atoms with Crippen LogP contribution in [0.1, 0.15) is 12.5 Å². The normalized spacial score (nSPS) is 10.7. The van der Waals surface area contributed by atoms with Gasteiger partial charge in [-0.05, 0) is 55.5 Å². The Morgan fingerprint density at radius 2 is 1.76 bits per heavy atom. The van der Waals surface area contributed by atoms with Gasteiger partial charge in [0.2, 0.25) is 15.9 Å². The summed E-state index contributed by atoms with van der Waals surface area (Å²) in [6.45, 7) is 1.91. The van der Waals surface area contributed by atoms with Gasteiger partial charge in [-0.25, -0.2) is 13.1 Å². The number of carbonyl (C=O) groups is 1. The first-order chi connectivity index (χ1) is 11.9. The van der Waals surface area contributed by atoms with E-state index in [1.807, 2.05) is 13.0 Å². The Balaban J connectivity index is 1.94. The van der Waals surface area contributed by atoms with Gasteiger partial charge >= 0.3 is 0 Å². The molecule has 0 aliphatic heterocycles. The molecule has 0 unspecified atom stereocenters. The quantitative estimate of drug-likeness (QED) is 0.784. The van der Waals surface area contributed by atoms with Crippen LogP contribution in [-0.4, -0.2) is 27.5 Å². The van der Waals surface area contributed by atoms with E-state index in [4.69, 9.17) is 10.00 Å². The molecule has 0 spiro atoms. The number of hydrogen-bond acceptors (Lipinski definition) is 5. The smallest absolute Gasteiger partial charge is 0.241 e. The Morgan fingerprint density at radius 3 is 2.32 bits per heavy atom. The zero-order valence-electron chi connectivity index (χ0n) is 13.5. The Kier molecular flexibility index (Phi) is 6.11. The van der Waals surface area contributed by atoms with Gasteiger partial charge in [-0.3, -0.25) is 4.79 Å².